The molecule has 1 saturated heterocycles. The van der Waals surface area contributed by atoms with E-state index in [4.69, 9.17) is 0 Å². The van der Waals surface area contributed by atoms with E-state index in [0.29, 0.717) is 36.7 Å². The summed E-state index contributed by atoms with van der Waals surface area (Å²) in [5.74, 6) is 1.02. The molecule has 24 heavy (non-hydrogen) atoms. The normalized spacial score (nSPS) is 25.2. The van der Waals surface area contributed by atoms with Crippen LogP contribution in [-0.2, 0) is 0 Å². The van der Waals surface area contributed by atoms with Gasteiger partial charge in [0, 0.05) is 31.2 Å². The average molecular weight is 343 g/mol. The number of ketones is 1. The van der Waals surface area contributed by atoms with Gasteiger partial charge in [0.2, 0.25) is 0 Å². The third-order valence-corrected chi connectivity index (χ3v) is 6.24. The smallest absolute Gasteiger partial charge is 0.274 e. The maximum absolute atomic E-state index is 12.6. The molecule has 2 aromatic heterocycles. The molecule has 2 aliphatic rings. The summed E-state index contributed by atoms with van der Waals surface area (Å²) in [5.41, 5.74) is 1.65. The fourth-order valence-corrected chi connectivity index (χ4v) is 4.58. The summed E-state index contributed by atoms with van der Waals surface area (Å²) in [6, 6.07) is 2.27. The topological polar surface area (TPSA) is 55.2 Å². The lowest BCUT2D eigenvalue weighted by Gasteiger charge is -2.18. The van der Waals surface area contributed by atoms with Gasteiger partial charge in [0.25, 0.3) is 5.91 Å². The van der Waals surface area contributed by atoms with E-state index < -0.39 is 0 Å². The molecule has 5 nitrogen and oxygen atoms in total. The van der Waals surface area contributed by atoms with Crippen molar-refractivity contribution in [3.05, 3.63) is 40.1 Å². The van der Waals surface area contributed by atoms with Crippen molar-refractivity contribution in [3.63, 3.8) is 0 Å². The summed E-state index contributed by atoms with van der Waals surface area (Å²) >= 11 is 1.53. The van der Waals surface area contributed by atoms with Gasteiger partial charge >= 0.3 is 0 Å². The highest BCUT2D eigenvalue weighted by atomic mass is 32.1. The standard InChI is InChI=1S/C18H21N3O2S/c1-10(2)21-7-14(19-9-21)18(23)20-5-12-13(6-20)16(12)17(22)15-4-11(3)8-24-15/h4,7-10,12-13,16H,5-6H2,1-3H3. The van der Waals surface area contributed by atoms with Crippen molar-refractivity contribution in [2.45, 2.75) is 26.8 Å². The molecule has 0 aromatic carbocycles. The van der Waals surface area contributed by atoms with Crippen LogP contribution in [0, 0.1) is 24.7 Å². The third kappa shape index (κ3) is 2.49. The lowest BCUT2D eigenvalue weighted by Crippen LogP contribution is -2.32. The van der Waals surface area contributed by atoms with Gasteiger partial charge in [-0.05, 0) is 49.6 Å². The second kappa shape index (κ2) is 5.55. The SMILES string of the molecule is Cc1csc(C(=O)C2C3CN(C(=O)c4cn(C(C)C)cn4)CC32)c1. The first-order valence-corrected chi connectivity index (χ1v) is 9.25. The third-order valence-electron chi connectivity index (χ3n) is 5.17. The van der Waals surface area contributed by atoms with Crippen LogP contribution in [0.3, 0.4) is 0 Å². The van der Waals surface area contributed by atoms with E-state index in [1.165, 1.54) is 11.3 Å². The van der Waals surface area contributed by atoms with Gasteiger partial charge in [0.1, 0.15) is 5.69 Å². The minimum atomic E-state index is -0.0141. The Bertz CT molecular complexity index is 795. The van der Waals surface area contributed by atoms with Gasteiger partial charge in [-0.2, -0.15) is 0 Å². The number of imidazole rings is 1. The van der Waals surface area contributed by atoms with Gasteiger partial charge in [-0.1, -0.05) is 0 Å². The predicted molar refractivity (Wildman–Crippen MR) is 92.4 cm³/mol. The van der Waals surface area contributed by atoms with E-state index in [1.807, 2.05) is 34.0 Å². The Morgan fingerprint density at radius 2 is 2.00 bits per heavy atom. The minimum absolute atomic E-state index is 0.0141. The van der Waals surface area contributed by atoms with E-state index in [0.717, 1.165) is 10.4 Å². The Morgan fingerprint density at radius 1 is 1.29 bits per heavy atom. The Balaban J connectivity index is 1.39. The van der Waals surface area contributed by atoms with E-state index in [-0.39, 0.29) is 17.6 Å². The molecule has 2 fully saturated rings. The van der Waals surface area contributed by atoms with Crippen molar-refractivity contribution in [3.8, 4) is 0 Å². The number of fused-ring (bicyclic) bond motifs is 1. The number of likely N-dealkylation sites (tertiary alicyclic amines) is 1. The number of piperidine rings is 1. The zero-order valence-corrected chi connectivity index (χ0v) is 14.9. The molecule has 2 aromatic rings. The highest BCUT2D eigenvalue weighted by Gasteiger charge is 2.60. The fourth-order valence-electron chi connectivity index (χ4n) is 3.70. The number of carbonyl (C=O) groups excluding carboxylic acids is 2. The van der Waals surface area contributed by atoms with Crippen molar-refractivity contribution in [1.82, 2.24) is 14.5 Å². The molecule has 3 heterocycles. The number of aryl methyl sites for hydroxylation is 1. The van der Waals surface area contributed by atoms with Crippen molar-refractivity contribution in [1.29, 1.82) is 0 Å². The van der Waals surface area contributed by atoms with Gasteiger partial charge in [0.05, 0.1) is 11.2 Å². The molecule has 2 atom stereocenters. The van der Waals surface area contributed by atoms with Gasteiger partial charge < -0.3 is 9.47 Å². The molecule has 1 aliphatic carbocycles. The number of hydrogen-bond donors (Lipinski definition) is 0. The fraction of sp³-hybridized carbons (Fsp3) is 0.500. The molecule has 0 N–H and O–H groups in total. The molecule has 0 spiro atoms. The van der Waals surface area contributed by atoms with Crippen molar-refractivity contribution >= 4 is 23.0 Å². The minimum Gasteiger partial charge on any atom is -0.337 e. The molecule has 126 valence electrons. The lowest BCUT2D eigenvalue weighted by atomic mass is 10.1. The average Bonchev–Trinajstić information content (AvgIpc) is 3.05. The summed E-state index contributed by atoms with van der Waals surface area (Å²) in [6.45, 7) is 7.49. The van der Waals surface area contributed by atoms with Crippen LogP contribution in [0.15, 0.2) is 24.0 Å². The van der Waals surface area contributed by atoms with Crippen LogP contribution in [0.4, 0.5) is 0 Å². The zero-order valence-electron chi connectivity index (χ0n) is 14.1. The van der Waals surface area contributed by atoms with Crippen LogP contribution in [0.5, 0.6) is 0 Å². The first kappa shape index (κ1) is 15.6. The van der Waals surface area contributed by atoms with Crippen LogP contribution in [0.2, 0.25) is 0 Å². The van der Waals surface area contributed by atoms with Crippen LogP contribution >= 0.6 is 11.3 Å². The molecule has 1 amide bonds. The molecule has 1 aliphatic heterocycles. The van der Waals surface area contributed by atoms with E-state index in [1.54, 1.807) is 6.33 Å². The van der Waals surface area contributed by atoms with Gasteiger partial charge in [0.15, 0.2) is 5.78 Å². The maximum Gasteiger partial charge on any atom is 0.274 e. The summed E-state index contributed by atoms with van der Waals surface area (Å²) < 4.78 is 1.94. The van der Waals surface area contributed by atoms with Crippen molar-refractivity contribution < 1.29 is 9.59 Å². The summed E-state index contributed by atoms with van der Waals surface area (Å²) in [5, 5.41) is 2.02. The summed E-state index contributed by atoms with van der Waals surface area (Å²) in [7, 11) is 0. The number of thiophene rings is 1. The van der Waals surface area contributed by atoms with Gasteiger partial charge in [-0.3, -0.25) is 9.59 Å². The highest BCUT2D eigenvalue weighted by Crippen LogP contribution is 2.53. The van der Waals surface area contributed by atoms with E-state index in [9.17, 15) is 9.59 Å². The first-order chi connectivity index (χ1) is 11.5. The van der Waals surface area contributed by atoms with E-state index in [2.05, 4.69) is 18.8 Å². The molecule has 0 radical (unpaired) electrons. The number of carbonyl (C=O) groups is 2. The number of hydrogen-bond acceptors (Lipinski definition) is 4. The monoisotopic (exact) mass is 343 g/mol. The number of rotatable bonds is 4. The molecule has 4 rings (SSSR count). The van der Waals surface area contributed by atoms with Crippen LogP contribution in [-0.4, -0.2) is 39.2 Å². The number of Topliss-reactive ketones (excluding diaryl/α,β-unsaturated/α-hetero) is 1. The second-order valence-corrected chi connectivity index (χ2v) is 8.13. The van der Waals surface area contributed by atoms with Gasteiger partial charge in [-0.15, -0.1) is 11.3 Å². The van der Waals surface area contributed by atoms with Crippen LogP contribution in [0.25, 0.3) is 0 Å². The number of aromatic nitrogens is 2. The molecule has 2 unspecified atom stereocenters. The maximum atomic E-state index is 12.6. The molecule has 0 bridgehead atoms. The Labute approximate surface area is 145 Å². The van der Waals surface area contributed by atoms with Crippen LogP contribution < -0.4 is 0 Å². The number of nitrogens with zero attached hydrogens (tertiary/aromatic N) is 3. The second-order valence-electron chi connectivity index (χ2n) is 7.22. The molecular formula is C18H21N3O2S. The molecule has 6 heteroatoms. The Kier molecular flexibility index (Phi) is 3.60. The predicted octanol–water partition coefficient (Wildman–Crippen LogP) is 3.03. The largest absolute Gasteiger partial charge is 0.337 e. The summed E-state index contributed by atoms with van der Waals surface area (Å²) in [4.78, 5) is 32.1. The Morgan fingerprint density at radius 3 is 2.54 bits per heavy atom. The summed E-state index contributed by atoms with van der Waals surface area (Å²) in [6.07, 6.45) is 3.52. The van der Waals surface area contributed by atoms with Crippen molar-refractivity contribution in [2.24, 2.45) is 17.8 Å². The zero-order chi connectivity index (χ0) is 17.0. The highest BCUT2D eigenvalue weighted by molar-refractivity contribution is 7.12. The molecular weight excluding hydrogens is 322 g/mol. The Hall–Kier alpha value is -1.95. The van der Waals surface area contributed by atoms with Crippen molar-refractivity contribution in [2.75, 3.05) is 13.1 Å². The van der Waals surface area contributed by atoms with Gasteiger partial charge in [-0.25, -0.2) is 4.98 Å². The van der Waals surface area contributed by atoms with Crippen LogP contribution in [0.1, 0.15) is 45.6 Å². The number of amides is 1. The quantitative estimate of drug-likeness (QED) is 0.802. The molecule has 1 saturated carbocycles. The first-order valence-electron chi connectivity index (χ1n) is 8.38. The lowest BCUT2D eigenvalue weighted by molar-refractivity contribution is 0.0747. The van der Waals surface area contributed by atoms with E-state index >= 15 is 0 Å².